The van der Waals surface area contributed by atoms with Gasteiger partial charge in [0.2, 0.25) is 0 Å². The van der Waals surface area contributed by atoms with Crippen LogP contribution in [0.5, 0.6) is 0 Å². The van der Waals surface area contributed by atoms with Crippen LogP contribution in [0.25, 0.3) is 0 Å². The average molecular weight is 390 g/mol. The molecule has 0 heterocycles. The van der Waals surface area contributed by atoms with E-state index in [4.69, 9.17) is 4.55 Å². The fourth-order valence-electron chi connectivity index (χ4n) is 2.04. The second-order valence-corrected chi connectivity index (χ2v) is 6.77. The molecule has 1 rings (SSSR count). The minimum absolute atomic E-state index is 0.353. The third-order valence-corrected chi connectivity index (χ3v) is 3.80. The van der Waals surface area contributed by atoms with Crippen molar-refractivity contribution in [2.24, 2.45) is 0 Å². The number of carbonyl (C=O) groups is 1. The number of hydrogen-bond donors (Lipinski definition) is 1. The van der Waals surface area contributed by atoms with E-state index in [1.165, 1.54) is 21.8 Å². The molecule has 14 heteroatoms. The van der Waals surface area contributed by atoms with Crippen LogP contribution in [0, 0.1) is 0 Å². The van der Waals surface area contributed by atoms with Gasteiger partial charge in [0, 0.05) is 0 Å². The lowest BCUT2D eigenvalue weighted by Crippen LogP contribution is -2.63. The van der Waals surface area contributed by atoms with Crippen LogP contribution >= 0.6 is 0 Å². The second kappa shape index (κ2) is 6.56. The highest BCUT2D eigenvalue weighted by atomic mass is 32.2. The Morgan fingerprint density at radius 3 is 1.72 bits per heavy atom. The highest BCUT2D eigenvalue weighted by Gasteiger charge is 2.76. The molecule has 0 spiro atoms. The van der Waals surface area contributed by atoms with Gasteiger partial charge in [-0.05, 0) is 0 Å². The second-order valence-electron chi connectivity index (χ2n) is 5.31. The lowest BCUT2D eigenvalue weighted by Gasteiger charge is -2.35. The predicted octanol–water partition coefficient (Wildman–Crippen LogP) is -0.889. The van der Waals surface area contributed by atoms with Gasteiger partial charge in [0.15, 0.2) is 0 Å². The Balaban J connectivity index is 3.49. The Morgan fingerprint density at radius 1 is 1.00 bits per heavy atom. The summed E-state index contributed by atoms with van der Waals surface area (Å²) in [7, 11) is -2.94. The number of carbonyl (C=O) groups excluding carboxylic acids is 1. The highest BCUT2D eigenvalue weighted by Crippen LogP contribution is 2.47. The molecule has 0 aliphatic carbocycles. The zero-order valence-electron chi connectivity index (χ0n) is 12.7. The van der Waals surface area contributed by atoms with E-state index in [1.54, 1.807) is 0 Å². The summed E-state index contributed by atoms with van der Waals surface area (Å²) < 4.78 is 112. The first kappa shape index (κ1) is 21.4. The van der Waals surface area contributed by atoms with E-state index in [9.17, 15) is 39.6 Å². The third-order valence-electron chi connectivity index (χ3n) is 3.03. The molecule has 1 aromatic rings. The summed E-state index contributed by atoms with van der Waals surface area (Å²) in [4.78, 5) is 11.8. The molecule has 1 aromatic carbocycles. The number of hydrogen-bond acceptors (Lipinski definition) is 4. The molecule has 1 N–H and O–H groups in total. The molecule has 0 unspecified atom stereocenters. The van der Waals surface area contributed by atoms with Crippen LogP contribution in [0.3, 0.4) is 0 Å². The fourth-order valence-corrected chi connectivity index (χ4v) is 2.94. The number of halogens is 6. The Labute approximate surface area is 139 Å². The van der Waals surface area contributed by atoms with Crippen LogP contribution in [0.2, 0.25) is 0 Å². The summed E-state index contributed by atoms with van der Waals surface area (Å²) in [6.07, 6.45) is -12.7. The smallest absolute Gasteiger partial charge is 0.435 e. The Kier molecular flexibility index (Phi) is 5.60. The van der Waals surface area contributed by atoms with E-state index in [2.05, 4.69) is 4.74 Å². The van der Waals surface area contributed by atoms with Gasteiger partial charge in [-0.1, -0.05) is 29.1 Å². The lowest BCUT2D eigenvalue weighted by atomic mass is 9.85. The zero-order chi connectivity index (χ0) is 19.8. The molecule has 0 aliphatic heterocycles. The predicted molar refractivity (Wildman–Crippen MR) is 79.5 cm³/mol. The Hall–Kier alpha value is -1.69. The standard InChI is InChI=1S/C11H10B2F6O5S/c12-6-1-5(2-7(13)3-6)8(20)24-9(10(14,15)16,11(17,18)19)4-25(21,22)23/h1-3H,4,12-13H2,(H,21,22,23). The van der Waals surface area contributed by atoms with Crippen molar-refractivity contribution in [3.05, 3.63) is 23.8 Å². The van der Waals surface area contributed by atoms with Crippen molar-refractivity contribution in [1.29, 1.82) is 0 Å². The van der Waals surface area contributed by atoms with Crippen molar-refractivity contribution in [3.8, 4) is 0 Å². The van der Waals surface area contributed by atoms with Gasteiger partial charge in [0.05, 0.1) is 5.56 Å². The Morgan fingerprint density at radius 2 is 1.40 bits per heavy atom. The first-order chi connectivity index (χ1) is 11.0. The van der Waals surface area contributed by atoms with Crippen molar-refractivity contribution in [3.63, 3.8) is 0 Å². The number of ether oxygens (including phenoxy) is 1. The van der Waals surface area contributed by atoms with E-state index >= 15 is 0 Å². The maximum Gasteiger partial charge on any atom is 0.438 e. The third kappa shape index (κ3) is 4.91. The van der Waals surface area contributed by atoms with Gasteiger partial charge in [-0.3, -0.25) is 4.55 Å². The van der Waals surface area contributed by atoms with Gasteiger partial charge >= 0.3 is 23.9 Å². The van der Waals surface area contributed by atoms with E-state index in [0.717, 1.165) is 12.1 Å². The van der Waals surface area contributed by atoms with Crippen molar-refractivity contribution in [1.82, 2.24) is 0 Å². The quantitative estimate of drug-likeness (QED) is 0.313. The van der Waals surface area contributed by atoms with E-state index in [0.29, 0.717) is 10.9 Å². The van der Waals surface area contributed by atoms with Crippen LogP contribution in [-0.2, 0) is 14.9 Å². The molecule has 5 nitrogen and oxygen atoms in total. The van der Waals surface area contributed by atoms with Crippen molar-refractivity contribution in [2.75, 3.05) is 5.75 Å². The molecule has 0 fully saturated rings. The summed E-state index contributed by atoms with van der Waals surface area (Å²) in [5.74, 6) is -4.95. The van der Waals surface area contributed by atoms with Gasteiger partial charge in [-0.2, -0.15) is 34.8 Å². The minimum atomic E-state index is -6.35. The van der Waals surface area contributed by atoms with Crippen molar-refractivity contribution >= 4 is 42.7 Å². The number of rotatable bonds is 4. The molecule has 25 heavy (non-hydrogen) atoms. The molecule has 0 radical (unpaired) electrons. The molecular formula is C11H10B2F6O5S. The molecule has 0 saturated carbocycles. The van der Waals surface area contributed by atoms with Crippen molar-refractivity contribution in [2.45, 2.75) is 18.0 Å². The molecular weight excluding hydrogens is 380 g/mol. The lowest BCUT2D eigenvalue weighted by molar-refractivity contribution is -0.356. The SMILES string of the molecule is Bc1cc(B)cc(C(=O)OC(CS(=O)(=O)O)(C(F)(F)F)C(F)(F)F)c1. The normalized spacial score (nSPS) is 13.6. The van der Waals surface area contributed by atoms with Crippen LogP contribution in [-0.4, -0.2) is 58.3 Å². The van der Waals surface area contributed by atoms with Crippen LogP contribution in [0.1, 0.15) is 10.4 Å². The van der Waals surface area contributed by atoms with Gasteiger partial charge in [0.25, 0.3) is 10.1 Å². The molecule has 0 saturated heterocycles. The van der Waals surface area contributed by atoms with E-state index in [-0.39, 0.29) is 0 Å². The maximum atomic E-state index is 13.1. The monoisotopic (exact) mass is 390 g/mol. The fraction of sp³-hybridized carbons (Fsp3) is 0.364. The summed E-state index contributed by atoms with van der Waals surface area (Å²) in [6.45, 7) is 0. The van der Waals surface area contributed by atoms with Gasteiger partial charge in [0.1, 0.15) is 21.4 Å². The minimum Gasteiger partial charge on any atom is -0.435 e. The molecule has 138 valence electrons. The molecule has 0 atom stereocenters. The topological polar surface area (TPSA) is 80.7 Å². The van der Waals surface area contributed by atoms with Crippen molar-refractivity contribution < 1.29 is 48.8 Å². The van der Waals surface area contributed by atoms with Crippen LogP contribution in [0.4, 0.5) is 26.3 Å². The summed E-state index contributed by atoms with van der Waals surface area (Å²) >= 11 is 0. The zero-order valence-corrected chi connectivity index (χ0v) is 13.5. The van der Waals surface area contributed by atoms with E-state index in [1.807, 2.05) is 0 Å². The van der Waals surface area contributed by atoms with Crippen LogP contribution in [0.15, 0.2) is 18.2 Å². The van der Waals surface area contributed by atoms with Crippen LogP contribution < -0.4 is 10.9 Å². The van der Waals surface area contributed by atoms with E-state index < -0.39 is 45.4 Å². The molecule has 0 aromatic heterocycles. The highest BCUT2D eigenvalue weighted by molar-refractivity contribution is 7.85. The number of esters is 1. The first-order valence-corrected chi connectivity index (χ1v) is 8.00. The average Bonchev–Trinajstić information content (AvgIpc) is 2.32. The molecule has 0 amide bonds. The summed E-state index contributed by atoms with van der Waals surface area (Å²) in [5, 5.41) is 0. The number of benzene rings is 1. The maximum absolute atomic E-state index is 13.1. The molecule has 0 bridgehead atoms. The summed E-state index contributed by atoms with van der Waals surface area (Å²) in [5.41, 5.74) is -5.34. The molecule has 0 aliphatic rings. The first-order valence-electron chi connectivity index (χ1n) is 6.39. The Bertz CT molecular complexity index is 740. The number of alkyl halides is 6. The van der Waals surface area contributed by atoms with Gasteiger partial charge < -0.3 is 4.74 Å². The largest absolute Gasteiger partial charge is 0.438 e. The summed E-state index contributed by atoms with van der Waals surface area (Å²) in [6, 6.07) is 3.44. The van der Waals surface area contributed by atoms with Gasteiger partial charge in [-0.15, -0.1) is 0 Å². The van der Waals surface area contributed by atoms with Gasteiger partial charge in [-0.25, -0.2) is 4.79 Å².